The van der Waals surface area contributed by atoms with Gasteiger partial charge in [0.25, 0.3) is 0 Å². The van der Waals surface area contributed by atoms with Gasteiger partial charge in [0.15, 0.2) is 0 Å². The molecule has 0 fully saturated rings. The van der Waals surface area contributed by atoms with Crippen LogP contribution in [0.25, 0.3) is 0 Å². The Morgan fingerprint density at radius 1 is 1.00 bits per heavy atom. The van der Waals surface area contributed by atoms with Gasteiger partial charge < -0.3 is 4.74 Å². The molecule has 1 nitrogen and oxygen atoms in total. The molecule has 0 saturated heterocycles. The highest BCUT2D eigenvalue weighted by Gasteiger charge is 2.01. The predicted molar refractivity (Wildman–Crippen MR) is 78.2 cm³/mol. The first-order valence-electron chi connectivity index (χ1n) is 6.17. The van der Waals surface area contributed by atoms with Crippen LogP contribution in [0.5, 0.6) is 5.75 Å². The lowest BCUT2D eigenvalue weighted by Crippen LogP contribution is -1.95. The van der Waals surface area contributed by atoms with E-state index in [-0.39, 0.29) is 0 Å². The predicted octanol–water partition coefficient (Wildman–Crippen LogP) is 4.77. The Morgan fingerprint density at radius 3 is 2.50 bits per heavy atom. The second-order valence-corrected chi connectivity index (χ2v) is 6.07. The second kappa shape index (κ2) is 6.50. The summed E-state index contributed by atoms with van der Waals surface area (Å²) in [5.41, 5.74) is 1.19. The van der Waals surface area contributed by atoms with E-state index >= 15 is 0 Å². The van der Waals surface area contributed by atoms with Crippen molar-refractivity contribution in [3.05, 3.63) is 60.2 Å². The first-order valence-corrected chi connectivity index (χ1v) is 7.05. The average molecular weight is 258 g/mol. The molecule has 0 aliphatic heterocycles. The molecule has 0 aromatic heterocycles. The molecule has 0 saturated carbocycles. The molecular formula is C16H18OS. The Labute approximate surface area is 113 Å². The highest BCUT2D eigenvalue weighted by atomic mass is 32.2. The largest absolute Gasteiger partial charge is 0.489 e. The van der Waals surface area contributed by atoms with Gasteiger partial charge in [-0.05, 0) is 23.8 Å². The Bertz CT molecular complexity index is 479. The van der Waals surface area contributed by atoms with Gasteiger partial charge in [-0.3, -0.25) is 0 Å². The van der Waals surface area contributed by atoms with E-state index < -0.39 is 0 Å². The van der Waals surface area contributed by atoms with Crippen LogP contribution in [0.4, 0.5) is 0 Å². The number of thioether (sulfide) groups is 1. The summed E-state index contributed by atoms with van der Waals surface area (Å²) in [4.78, 5) is 1.26. The van der Waals surface area contributed by atoms with Crippen LogP contribution in [0.3, 0.4) is 0 Å². The third kappa shape index (κ3) is 4.11. The molecular weight excluding hydrogens is 240 g/mol. The summed E-state index contributed by atoms with van der Waals surface area (Å²) in [6.45, 7) is 5.01. The lowest BCUT2D eigenvalue weighted by Gasteiger charge is -2.09. The number of ether oxygens (including phenoxy) is 1. The standard InChI is InChI=1S/C16H18OS/c1-13(2)18-16-10-6-9-15(11-16)17-12-14-7-4-3-5-8-14/h3-11,13H,12H2,1-2H3. The van der Waals surface area contributed by atoms with Crippen LogP contribution in [0, 0.1) is 0 Å². The van der Waals surface area contributed by atoms with Gasteiger partial charge in [0.05, 0.1) is 0 Å². The fourth-order valence-corrected chi connectivity index (χ4v) is 2.54. The van der Waals surface area contributed by atoms with E-state index in [9.17, 15) is 0 Å². The minimum Gasteiger partial charge on any atom is -0.489 e. The number of hydrogen-bond donors (Lipinski definition) is 0. The molecule has 0 N–H and O–H groups in total. The Hall–Kier alpha value is -1.41. The SMILES string of the molecule is CC(C)Sc1cccc(OCc2ccccc2)c1. The number of hydrogen-bond acceptors (Lipinski definition) is 2. The fourth-order valence-electron chi connectivity index (χ4n) is 1.65. The third-order valence-electron chi connectivity index (χ3n) is 2.43. The van der Waals surface area contributed by atoms with Crippen LogP contribution >= 0.6 is 11.8 Å². The van der Waals surface area contributed by atoms with Crippen LogP contribution < -0.4 is 4.74 Å². The zero-order chi connectivity index (χ0) is 12.8. The van der Waals surface area contributed by atoms with Crippen LogP contribution in [0.2, 0.25) is 0 Å². The van der Waals surface area contributed by atoms with Crippen molar-refractivity contribution in [2.24, 2.45) is 0 Å². The minimum absolute atomic E-state index is 0.592. The van der Waals surface area contributed by atoms with Gasteiger partial charge in [-0.25, -0.2) is 0 Å². The fraction of sp³-hybridized carbons (Fsp3) is 0.250. The van der Waals surface area contributed by atoms with Crippen molar-refractivity contribution in [2.75, 3.05) is 0 Å². The van der Waals surface area contributed by atoms with Crippen LogP contribution in [-0.4, -0.2) is 5.25 Å². The molecule has 2 aromatic rings. The molecule has 0 bridgehead atoms. The van der Waals surface area contributed by atoms with Crippen LogP contribution in [-0.2, 0) is 6.61 Å². The number of rotatable bonds is 5. The lowest BCUT2D eigenvalue weighted by atomic mass is 10.2. The number of benzene rings is 2. The summed E-state index contributed by atoms with van der Waals surface area (Å²) in [7, 11) is 0. The van der Waals surface area contributed by atoms with Gasteiger partial charge in [0.2, 0.25) is 0 Å². The first-order chi connectivity index (χ1) is 8.74. The Balaban J connectivity index is 1.97. The average Bonchev–Trinajstić information content (AvgIpc) is 2.37. The zero-order valence-electron chi connectivity index (χ0n) is 10.8. The van der Waals surface area contributed by atoms with Gasteiger partial charge in [-0.2, -0.15) is 0 Å². The highest BCUT2D eigenvalue weighted by Crippen LogP contribution is 2.26. The maximum atomic E-state index is 5.80. The van der Waals surface area contributed by atoms with E-state index in [0.29, 0.717) is 11.9 Å². The minimum atomic E-state index is 0.592. The Kier molecular flexibility index (Phi) is 4.71. The molecule has 0 atom stereocenters. The van der Waals surface area contributed by atoms with E-state index in [1.807, 2.05) is 42.1 Å². The topological polar surface area (TPSA) is 9.23 Å². The molecule has 0 radical (unpaired) electrons. The quantitative estimate of drug-likeness (QED) is 0.715. The van der Waals surface area contributed by atoms with E-state index in [0.717, 1.165) is 5.75 Å². The summed E-state index contributed by atoms with van der Waals surface area (Å²) < 4.78 is 5.80. The Morgan fingerprint density at radius 2 is 1.78 bits per heavy atom. The molecule has 18 heavy (non-hydrogen) atoms. The van der Waals surface area contributed by atoms with Crippen molar-refractivity contribution in [3.63, 3.8) is 0 Å². The van der Waals surface area contributed by atoms with Gasteiger partial charge in [0, 0.05) is 10.1 Å². The molecule has 0 aliphatic rings. The molecule has 0 unspecified atom stereocenters. The van der Waals surface area contributed by atoms with Gasteiger partial charge in [-0.1, -0.05) is 50.2 Å². The van der Waals surface area contributed by atoms with Crippen molar-refractivity contribution in [1.29, 1.82) is 0 Å². The molecule has 0 amide bonds. The summed E-state index contributed by atoms with van der Waals surface area (Å²) >= 11 is 1.85. The molecule has 2 heteroatoms. The van der Waals surface area contributed by atoms with Crippen molar-refractivity contribution in [2.45, 2.75) is 30.6 Å². The van der Waals surface area contributed by atoms with Crippen LogP contribution in [0.1, 0.15) is 19.4 Å². The van der Waals surface area contributed by atoms with Crippen LogP contribution in [0.15, 0.2) is 59.5 Å². The van der Waals surface area contributed by atoms with Gasteiger partial charge in [-0.15, -0.1) is 11.8 Å². The van der Waals surface area contributed by atoms with Gasteiger partial charge in [0.1, 0.15) is 12.4 Å². The highest BCUT2D eigenvalue weighted by molar-refractivity contribution is 7.99. The second-order valence-electron chi connectivity index (χ2n) is 4.42. The lowest BCUT2D eigenvalue weighted by molar-refractivity contribution is 0.305. The first kappa shape index (κ1) is 13.0. The molecule has 0 aliphatic carbocycles. The summed E-state index contributed by atoms with van der Waals surface area (Å²) in [6.07, 6.45) is 0. The molecule has 0 heterocycles. The molecule has 0 spiro atoms. The van der Waals surface area contributed by atoms with Crippen molar-refractivity contribution in [1.82, 2.24) is 0 Å². The zero-order valence-corrected chi connectivity index (χ0v) is 11.6. The summed E-state index contributed by atoms with van der Waals surface area (Å²) in [5.74, 6) is 0.935. The summed E-state index contributed by atoms with van der Waals surface area (Å²) in [5, 5.41) is 0.592. The molecule has 2 aromatic carbocycles. The van der Waals surface area contributed by atoms with E-state index in [1.165, 1.54) is 10.5 Å². The van der Waals surface area contributed by atoms with E-state index in [1.54, 1.807) is 0 Å². The molecule has 2 rings (SSSR count). The molecule has 94 valence electrons. The summed E-state index contributed by atoms with van der Waals surface area (Å²) in [6, 6.07) is 18.5. The normalized spacial score (nSPS) is 10.6. The maximum Gasteiger partial charge on any atom is 0.120 e. The van der Waals surface area contributed by atoms with Crippen molar-refractivity contribution >= 4 is 11.8 Å². The van der Waals surface area contributed by atoms with Crippen molar-refractivity contribution < 1.29 is 4.74 Å². The monoisotopic (exact) mass is 258 g/mol. The smallest absolute Gasteiger partial charge is 0.120 e. The van der Waals surface area contributed by atoms with E-state index in [2.05, 4.69) is 38.1 Å². The third-order valence-corrected chi connectivity index (χ3v) is 3.42. The van der Waals surface area contributed by atoms with Gasteiger partial charge >= 0.3 is 0 Å². The van der Waals surface area contributed by atoms with E-state index in [4.69, 9.17) is 4.74 Å². The maximum absolute atomic E-state index is 5.80. The van der Waals surface area contributed by atoms with Crippen molar-refractivity contribution in [3.8, 4) is 5.75 Å².